The molecular weight excluding hydrogens is 296 g/mol. The van der Waals surface area contributed by atoms with Crippen LogP contribution in [0.15, 0.2) is 18.2 Å². The van der Waals surface area contributed by atoms with E-state index in [0.29, 0.717) is 12.8 Å². The molecule has 0 aliphatic heterocycles. The minimum atomic E-state index is -1.14. The lowest BCUT2D eigenvalue weighted by Crippen LogP contribution is -2.46. The lowest BCUT2D eigenvalue weighted by atomic mass is 9.89. The Balaban J connectivity index is 2.37. The van der Waals surface area contributed by atoms with Crippen LogP contribution in [0.4, 0.5) is 11.4 Å². The molecule has 1 saturated carbocycles. The standard InChI is InChI=1S/C14H17ClN2O4/c15-10-5-6-11(12(9-10)17(20)21)16-14(13(18)19)7-3-1-2-4-8-14/h5-6,9,16H,1-4,7-8H2,(H,18,19). The van der Waals surface area contributed by atoms with Crippen LogP contribution in [-0.2, 0) is 4.79 Å². The van der Waals surface area contributed by atoms with Crippen molar-refractivity contribution in [2.45, 2.75) is 44.1 Å². The van der Waals surface area contributed by atoms with Gasteiger partial charge in [-0.1, -0.05) is 37.3 Å². The van der Waals surface area contributed by atoms with Crippen molar-refractivity contribution in [3.05, 3.63) is 33.3 Å². The lowest BCUT2D eigenvalue weighted by molar-refractivity contribution is -0.384. The Labute approximate surface area is 127 Å². The van der Waals surface area contributed by atoms with Gasteiger partial charge in [0.25, 0.3) is 5.69 Å². The van der Waals surface area contributed by atoms with Crippen LogP contribution in [0.5, 0.6) is 0 Å². The normalized spacial score (nSPS) is 17.8. The van der Waals surface area contributed by atoms with E-state index in [0.717, 1.165) is 25.7 Å². The van der Waals surface area contributed by atoms with Crippen LogP contribution in [0.3, 0.4) is 0 Å². The summed E-state index contributed by atoms with van der Waals surface area (Å²) in [5.41, 5.74) is -1.14. The fourth-order valence-electron chi connectivity index (χ4n) is 2.74. The minimum absolute atomic E-state index is 0.202. The number of carboxylic acid groups (broad SMARTS) is 1. The second-order valence-corrected chi connectivity index (χ2v) is 5.78. The van der Waals surface area contributed by atoms with Crippen LogP contribution in [0.1, 0.15) is 38.5 Å². The van der Waals surface area contributed by atoms with Crippen LogP contribution in [0.2, 0.25) is 5.02 Å². The monoisotopic (exact) mass is 312 g/mol. The zero-order chi connectivity index (χ0) is 15.5. The molecule has 1 aliphatic rings. The van der Waals surface area contributed by atoms with Crippen LogP contribution >= 0.6 is 11.6 Å². The van der Waals surface area contributed by atoms with E-state index in [4.69, 9.17) is 11.6 Å². The van der Waals surface area contributed by atoms with Crippen molar-refractivity contribution in [3.8, 4) is 0 Å². The molecule has 1 fully saturated rings. The number of carboxylic acids is 1. The molecule has 0 heterocycles. The molecule has 1 aromatic carbocycles. The molecule has 0 aromatic heterocycles. The lowest BCUT2D eigenvalue weighted by Gasteiger charge is -2.30. The smallest absolute Gasteiger partial charge is 0.329 e. The summed E-state index contributed by atoms with van der Waals surface area (Å²) < 4.78 is 0. The molecule has 0 radical (unpaired) electrons. The average Bonchev–Trinajstić information content (AvgIpc) is 2.67. The highest BCUT2D eigenvalue weighted by atomic mass is 35.5. The van der Waals surface area contributed by atoms with Gasteiger partial charge in [-0.05, 0) is 25.0 Å². The van der Waals surface area contributed by atoms with E-state index < -0.39 is 16.4 Å². The number of carbonyl (C=O) groups is 1. The Kier molecular flexibility index (Phi) is 4.67. The highest BCUT2D eigenvalue weighted by molar-refractivity contribution is 6.30. The molecule has 1 aromatic rings. The first-order chi connectivity index (χ1) is 9.94. The van der Waals surface area contributed by atoms with Gasteiger partial charge in [-0.15, -0.1) is 0 Å². The average molecular weight is 313 g/mol. The summed E-state index contributed by atoms with van der Waals surface area (Å²) in [5.74, 6) is -0.964. The van der Waals surface area contributed by atoms with Crippen molar-refractivity contribution in [3.63, 3.8) is 0 Å². The van der Waals surface area contributed by atoms with E-state index in [1.807, 2.05) is 0 Å². The molecular formula is C14H17ClN2O4. The highest BCUT2D eigenvalue weighted by Gasteiger charge is 2.39. The second-order valence-electron chi connectivity index (χ2n) is 5.35. The van der Waals surface area contributed by atoms with E-state index in [1.165, 1.54) is 18.2 Å². The molecule has 114 valence electrons. The molecule has 2 rings (SSSR count). The first-order valence-corrected chi connectivity index (χ1v) is 7.28. The number of nitro groups is 1. The number of hydrogen-bond donors (Lipinski definition) is 2. The first-order valence-electron chi connectivity index (χ1n) is 6.90. The largest absolute Gasteiger partial charge is 0.480 e. The van der Waals surface area contributed by atoms with E-state index in [1.54, 1.807) is 0 Å². The molecule has 0 atom stereocenters. The predicted octanol–water partition coefficient (Wildman–Crippen LogP) is 3.84. The van der Waals surface area contributed by atoms with Gasteiger partial charge in [0.1, 0.15) is 11.2 Å². The Morgan fingerprint density at radius 2 is 1.90 bits per heavy atom. The number of nitrogens with zero attached hydrogens (tertiary/aromatic N) is 1. The van der Waals surface area contributed by atoms with Crippen molar-refractivity contribution in [2.24, 2.45) is 0 Å². The van der Waals surface area contributed by atoms with Gasteiger partial charge in [-0.25, -0.2) is 4.79 Å². The van der Waals surface area contributed by atoms with Gasteiger partial charge in [0, 0.05) is 11.1 Å². The summed E-state index contributed by atoms with van der Waals surface area (Å²) >= 11 is 5.78. The molecule has 1 aliphatic carbocycles. The summed E-state index contributed by atoms with van der Waals surface area (Å²) in [4.78, 5) is 22.3. The molecule has 7 heteroatoms. The first kappa shape index (κ1) is 15.6. The molecule has 0 spiro atoms. The number of halogens is 1. The number of nitro benzene ring substituents is 1. The summed E-state index contributed by atoms with van der Waals surface area (Å²) in [6.45, 7) is 0. The van der Waals surface area contributed by atoms with E-state index in [9.17, 15) is 20.0 Å². The Morgan fingerprint density at radius 3 is 2.43 bits per heavy atom. The van der Waals surface area contributed by atoms with Gasteiger partial charge in [-0.2, -0.15) is 0 Å². The van der Waals surface area contributed by atoms with Crippen molar-refractivity contribution in [1.82, 2.24) is 0 Å². The fourth-order valence-corrected chi connectivity index (χ4v) is 2.91. The Hall–Kier alpha value is -1.82. The Morgan fingerprint density at radius 1 is 1.29 bits per heavy atom. The topological polar surface area (TPSA) is 92.5 Å². The third-order valence-electron chi connectivity index (χ3n) is 3.90. The highest BCUT2D eigenvalue weighted by Crippen LogP contribution is 2.35. The minimum Gasteiger partial charge on any atom is -0.480 e. The van der Waals surface area contributed by atoms with Gasteiger partial charge < -0.3 is 10.4 Å². The van der Waals surface area contributed by atoms with Crippen molar-refractivity contribution < 1.29 is 14.8 Å². The van der Waals surface area contributed by atoms with E-state index in [2.05, 4.69) is 5.32 Å². The predicted molar refractivity (Wildman–Crippen MR) is 79.8 cm³/mol. The summed E-state index contributed by atoms with van der Waals surface area (Å²) in [5, 5.41) is 23.9. The van der Waals surface area contributed by atoms with Crippen molar-refractivity contribution in [1.29, 1.82) is 0 Å². The quantitative estimate of drug-likeness (QED) is 0.500. The van der Waals surface area contributed by atoms with Gasteiger partial charge in [0.2, 0.25) is 0 Å². The maximum Gasteiger partial charge on any atom is 0.329 e. The number of rotatable bonds is 4. The number of anilines is 1. The number of benzene rings is 1. The summed E-state index contributed by atoms with van der Waals surface area (Å²) in [6.07, 6.45) is 4.48. The van der Waals surface area contributed by atoms with Gasteiger partial charge in [0.05, 0.1) is 4.92 Å². The molecule has 0 amide bonds. The van der Waals surface area contributed by atoms with Crippen molar-refractivity contribution in [2.75, 3.05) is 5.32 Å². The fraction of sp³-hybridized carbons (Fsp3) is 0.500. The van der Waals surface area contributed by atoms with E-state index in [-0.39, 0.29) is 16.4 Å². The zero-order valence-corrected chi connectivity index (χ0v) is 12.2. The van der Waals surface area contributed by atoms with Crippen molar-refractivity contribution >= 4 is 28.9 Å². The van der Waals surface area contributed by atoms with Gasteiger partial charge >= 0.3 is 5.97 Å². The molecule has 0 unspecified atom stereocenters. The van der Waals surface area contributed by atoms with Crippen LogP contribution in [0, 0.1) is 10.1 Å². The zero-order valence-electron chi connectivity index (χ0n) is 11.5. The molecule has 2 N–H and O–H groups in total. The number of aliphatic carboxylic acids is 1. The molecule has 0 saturated heterocycles. The SMILES string of the molecule is O=C(O)C1(Nc2ccc(Cl)cc2[N+](=O)[O-])CCCCCC1. The van der Waals surface area contributed by atoms with Crippen LogP contribution < -0.4 is 5.32 Å². The second kappa shape index (κ2) is 6.30. The summed E-state index contributed by atoms with van der Waals surface area (Å²) in [6, 6.07) is 4.22. The van der Waals surface area contributed by atoms with E-state index >= 15 is 0 Å². The third kappa shape index (κ3) is 3.44. The summed E-state index contributed by atoms with van der Waals surface area (Å²) in [7, 11) is 0. The molecule has 6 nitrogen and oxygen atoms in total. The maximum absolute atomic E-state index is 11.7. The van der Waals surface area contributed by atoms with Gasteiger partial charge in [-0.3, -0.25) is 10.1 Å². The maximum atomic E-state index is 11.7. The molecule has 21 heavy (non-hydrogen) atoms. The Bertz CT molecular complexity index is 554. The van der Waals surface area contributed by atoms with Crippen LogP contribution in [-0.4, -0.2) is 21.5 Å². The van der Waals surface area contributed by atoms with Crippen LogP contribution in [0.25, 0.3) is 0 Å². The molecule has 0 bridgehead atoms. The third-order valence-corrected chi connectivity index (χ3v) is 4.13. The number of nitrogens with one attached hydrogen (secondary N) is 1. The number of hydrogen-bond acceptors (Lipinski definition) is 4. The van der Waals surface area contributed by atoms with Gasteiger partial charge in [0.15, 0.2) is 0 Å².